The molecule has 0 bridgehead atoms. The summed E-state index contributed by atoms with van der Waals surface area (Å²) in [5, 5.41) is 0.636. The van der Waals surface area contributed by atoms with E-state index in [-0.39, 0.29) is 0 Å². The Morgan fingerprint density at radius 3 is 2.71 bits per heavy atom. The molecule has 1 aliphatic rings. The molecule has 0 aromatic heterocycles. The van der Waals surface area contributed by atoms with Gasteiger partial charge in [0, 0.05) is 22.6 Å². The van der Waals surface area contributed by atoms with Gasteiger partial charge in [0.25, 0.3) is 0 Å². The number of ether oxygens (including phenoxy) is 1. The van der Waals surface area contributed by atoms with Crippen LogP contribution in [0.25, 0.3) is 0 Å². The highest BCUT2D eigenvalue weighted by atomic mass is 35.5. The Hall–Kier alpha value is -0.180. The zero-order valence-electron chi connectivity index (χ0n) is 7.91. The topological polar surface area (TPSA) is 9.23 Å². The maximum Gasteiger partial charge on any atom is 0.0589 e. The van der Waals surface area contributed by atoms with Crippen LogP contribution in [0, 0.1) is 0 Å². The molecule has 1 saturated heterocycles. The van der Waals surface area contributed by atoms with Gasteiger partial charge in [-0.15, -0.1) is 23.4 Å². The minimum absolute atomic E-state index is 0.595. The van der Waals surface area contributed by atoms with Crippen molar-refractivity contribution in [1.82, 2.24) is 0 Å². The molecule has 0 amide bonds. The second kappa shape index (κ2) is 5.06. The molecule has 1 fully saturated rings. The largest absolute Gasteiger partial charge is 0.380 e. The summed E-state index contributed by atoms with van der Waals surface area (Å²) in [6.07, 6.45) is 1.17. The average Bonchev–Trinajstić information content (AvgIpc) is 2.72. The van der Waals surface area contributed by atoms with Crippen molar-refractivity contribution in [2.24, 2.45) is 0 Å². The fraction of sp³-hybridized carbons (Fsp3) is 0.455. The zero-order chi connectivity index (χ0) is 9.80. The quantitative estimate of drug-likeness (QED) is 0.735. The van der Waals surface area contributed by atoms with Crippen molar-refractivity contribution >= 4 is 23.4 Å². The third kappa shape index (κ3) is 2.66. The minimum Gasteiger partial charge on any atom is -0.380 e. The van der Waals surface area contributed by atoms with E-state index in [0.717, 1.165) is 13.2 Å². The molecule has 1 aromatic carbocycles. The smallest absolute Gasteiger partial charge is 0.0589 e. The van der Waals surface area contributed by atoms with Crippen molar-refractivity contribution in [3.05, 3.63) is 29.8 Å². The third-order valence-corrected chi connectivity index (χ3v) is 3.83. The van der Waals surface area contributed by atoms with E-state index < -0.39 is 0 Å². The van der Waals surface area contributed by atoms with Crippen molar-refractivity contribution in [3.8, 4) is 0 Å². The van der Waals surface area contributed by atoms with Crippen LogP contribution in [0.3, 0.4) is 0 Å². The van der Waals surface area contributed by atoms with Crippen LogP contribution in [0.15, 0.2) is 29.2 Å². The first-order valence-electron chi connectivity index (χ1n) is 4.78. The highest BCUT2D eigenvalue weighted by Gasteiger charge is 2.16. The van der Waals surface area contributed by atoms with Crippen molar-refractivity contribution in [2.45, 2.75) is 22.4 Å². The standard InChI is InChI=1S/C11H13ClOS/c12-7-9-1-3-10(4-2-9)14-11-5-6-13-8-11/h1-4,11H,5-8H2. The summed E-state index contributed by atoms with van der Waals surface area (Å²) in [6, 6.07) is 8.46. The number of rotatable bonds is 3. The Balaban J connectivity index is 1.95. The third-order valence-electron chi connectivity index (χ3n) is 2.27. The summed E-state index contributed by atoms with van der Waals surface area (Å²) in [6.45, 7) is 1.80. The average molecular weight is 229 g/mol. The van der Waals surface area contributed by atoms with Gasteiger partial charge in [-0.1, -0.05) is 12.1 Å². The van der Waals surface area contributed by atoms with Crippen LogP contribution in [0.1, 0.15) is 12.0 Å². The molecule has 1 atom stereocenters. The van der Waals surface area contributed by atoms with E-state index in [1.165, 1.54) is 16.9 Å². The van der Waals surface area contributed by atoms with E-state index in [9.17, 15) is 0 Å². The number of hydrogen-bond acceptors (Lipinski definition) is 2. The fourth-order valence-corrected chi connectivity index (χ4v) is 2.69. The lowest BCUT2D eigenvalue weighted by atomic mass is 10.2. The Morgan fingerprint density at radius 2 is 2.14 bits per heavy atom. The minimum atomic E-state index is 0.595. The van der Waals surface area contributed by atoms with Gasteiger partial charge in [0.1, 0.15) is 0 Å². The number of hydrogen-bond donors (Lipinski definition) is 0. The van der Waals surface area contributed by atoms with E-state index in [0.29, 0.717) is 11.1 Å². The lowest BCUT2D eigenvalue weighted by Gasteiger charge is -2.07. The zero-order valence-corrected chi connectivity index (χ0v) is 9.48. The highest BCUT2D eigenvalue weighted by Crippen LogP contribution is 2.28. The van der Waals surface area contributed by atoms with Gasteiger partial charge in [0.15, 0.2) is 0 Å². The maximum absolute atomic E-state index is 5.72. The van der Waals surface area contributed by atoms with Crippen LogP contribution in [-0.2, 0) is 10.6 Å². The fourth-order valence-electron chi connectivity index (χ4n) is 1.46. The summed E-state index contributed by atoms with van der Waals surface area (Å²) in [5.74, 6) is 0.595. The molecule has 0 saturated carbocycles. The van der Waals surface area contributed by atoms with E-state index in [1.54, 1.807) is 0 Å². The second-order valence-electron chi connectivity index (χ2n) is 3.38. The van der Waals surface area contributed by atoms with Gasteiger partial charge < -0.3 is 4.74 Å². The Morgan fingerprint density at radius 1 is 1.36 bits per heavy atom. The van der Waals surface area contributed by atoms with Gasteiger partial charge in [-0.3, -0.25) is 0 Å². The molecular formula is C11H13ClOS. The summed E-state index contributed by atoms with van der Waals surface area (Å²) in [4.78, 5) is 1.31. The second-order valence-corrected chi connectivity index (χ2v) is 5.02. The SMILES string of the molecule is ClCc1ccc(SC2CCOC2)cc1. The Kier molecular flexibility index (Phi) is 3.74. The van der Waals surface area contributed by atoms with Crippen molar-refractivity contribution < 1.29 is 4.74 Å². The predicted molar refractivity (Wildman–Crippen MR) is 61.1 cm³/mol. The lowest BCUT2D eigenvalue weighted by Crippen LogP contribution is -1.99. The van der Waals surface area contributed by atoms with Crippen molar-refractivity contribution in [2.75, 3.05) is 13.2 Å². The van der Waals surface area contributed by atoms with Crippen LogP contribution < -0.4 is 0 Å². The molecule has 0 radical (unpaired) electrons. The molecule has 1 aromatic rings. The first kappa shape index (κ1) is 10.3. The summed E-state index contributed by atoms with van der Waals surface area (Å²) in [7, 11) is 0. The lowest BCUT2D eigenvalue weighted by molar-refractivity contribution is 0.199. The van der Waals surface area contributed by atoms with E-state index in [1.807, 2.05) is 11.8 Å². The van der Waals surface area contributed by atoms with Gasteiger partial charge in [-0.25, -0.2) is 0 Å². The Labute approximate surface area is 93.8 Å². The van der Waals surface area contributed by atoms with Crippen LogP contribution in [-0.4, -0.2) is 18.5 Å². The van der Waals surface area contributed by atoms with Gasteiger partial charge in [-0.05, 0) is 24.1 Å². The molecule has 1 heterocycles. The molecule has 1 unspecified atom stereocenters. The first-order chi connectivity index (χ1) is 6.88. The van der Waals surface area contributed by atoms with E-state index in [2.05, 4.69) is 24.3 Å². The molecule has 3 heteroatoms. The van der Waals surface area contributed by atoms with Gasteiger partial charge in [0.05, 0.1) is 6.61 Å². The molecule has 0 aliphatic carbocycles. The maximum atomic E-state index is 5.72. The molecule has 0 N–H and O–H groups in total. The molecule has 1 nitrogen and oxygen atoms in total. The monoisotopic (exact) mass is 228 g/mol. The number of thioether (sulfide) groups is 1. The Bertz CT molecular complexity index is 280. The van der Waals surface area contributed by atoms with Gasteiger partial charge >= 0.3 is 0 Å². The molecule has 0 spiro atoms. The van der Waals surface area contributed by atoms with Crippen LogP contribution in [0.4, 0.5) is 0 Å². The predicted octanol–water partition coefficient (Wildman–Crippen LogP) is 3.31. The normalized spacial score (nSPS) is 21.4. The first-order valence-corrected chi connectivity index (χ1v) is 6.19. The molecule has 1 aliphatic heterocycles. The molecule has 76 valence electrons. The summed E-state index contributed by atoms with van der Waals surface area (Å²) in [5.41, 5.74) is 1.18. The molecule has 14 heavy (non-hydrogen) atoms. The van der Waals surface area contributed by atoms with Crippen LogP contribution in [0.2, 0.25) is 0 Å². The highest BCUT2D eigenvalue weighted by molar-refractivity contribution is 8.00. The summed E-state index contributed by atoms with van der Waals surface area (Å²) >= 11 is 7.63. The van der Waals surface area contributed by atoms with E-state index in [4.69, 9.17) is 16.3 Å². The number of alkyl halides is 1. The van der Waals surface area contributed by atoms with Crippen molar-refractivity contribution in [3.63, 3.8) is 0 Å². The number of benzene rings is 1. The van der Waals surface area contributed by atoms with Crippen molar-refractivity contribution in [1.29, 1.82) is 0 Å². The summed E-state index contributed by atoms with van der Waals surface area (Å²) < 4.78 is 5.33. The van der Waals surface area contributed by atoms with Crippen LogP contribution in [0.5, 0.6) is 0 Å². The molecular weight excluding hydrogens is 216 g/mol. The van der Waals surface area contributed by atoms with Gasteiger partial charge in [-0.2, -0.15) is 0 Å². The van der Waals surface area contributed by atoms with Gasteiger partial charge in [0.2, 0.25) is 0 Å². The number of halogens is 1. The van der Waals surface area contributed by atoms with E-state index >= 15 is 0 Å². The molecule has 2 rings (SSSR count). The van der Waals surface area contributed by atoms with Crippen LogP contribution >= 0.6 is 23.4 Å².